The first-order valence-corrected chi connectivity index (χ1v) is 10.3. The minimum absolute atomic E-state index is 0.168. The van der Waals surface area contributed by atoms with Crippen LogP contribution in [0, 0.1) is 0 Å². The topological polar surface area (TPSA) is 96.8 Å². The molecular weight excluding hydrogens is 384 g/mol. The van der Waals surface area contributed by atoms with Crippen LogP contribution in [0.3, 0.4) is 0 Å². The number of H-pyrrole nitrogens is 1. The zero-order valence-corrected chi connectivity index (χ0v) is 16.2. The van der Waals surface area contributed by atoms with Gasteiger partial charge in [-0.15, -0.1) is 16.4 Å². The van der Waals surface area contributed by atoms with Gasteiger partial charge in [-0.1, -0.05) is 18.2 Å². The second-order valence-electron chi connectivity index (χ2n) is 5.88. The molecular formula is C17H16N6O2S2. The summed E-state index contributed by atoms with van der Waals surface area (Å²) in [6.07, 6.45) is 3.15. The van der Waals surface area contributed by atoms with Gasteiger partial charge in [0.25, 0.3) is 0 Å². The first kappa shape index (κ1) is 17.6. The van der Waals surface area contributed by atoms with Crippen molar-refractivity contribution in [3.63, 3.8) is 0 Å². The SMILES string of the molecule is CN(C)S(=O)(=O)c1c[nH]c(-c2nc(-c3nccs3)nn2-c2ccccc2)c1. The van der Waals surface area contributed by atoms with Gasteiger partial charge in [0, 0.05) is 31.9 Å². The lowest BCUT2D eigenvalue weighted by molar-refractivity contribution is 0.521. The first-order chi connectivity index (χ1) is 13.0. The lowest BCUT2D eigenvalue weighted by Crippen LogP contribution is -2.21. The van der Waals surface area contributed by atoms with Gasteiger partial charge in [-0.3, -0.25) is 0 Å². The van der Waals surface area contributed by atoms with E-state index in [2.05, 4.69) is 20.1 Å². The molecule has 0 aliphatic carbocycles. The van der Waals surface area contributed by atoms with Crippen molar-refractivity contribution in [2.24, 2.45) is 0 Å². The van der Waals surface area contributed by atoms with E-state index in [-0.39, 0.29) is 4.90 Å². The summed E-state index contributed by atoms with van der Waals surface area (Å²) in [5.41, 5.74) is 1.36. The Bertz CT molecular complexity index is 1160. The van der Waals surface area contributed by atoms with Gasteiger partial charge in [0.2, 0.25) is 15.8 Å². The minimum Gasteiger partial charge on any atom is -0.357 e. The van der Waals surface area contributed by atoms with Crippen LogP contribution in [0.2, 0.25) is 0 Å². The van der Waals surface area contributed by atoms with Gasteiger partial charge in [0.1, 0.15) is 4.90 Å². The van der Waals surface area contributed by atoms with Crippen molar-refractivity contribution in [3.8, 4) is 28.0 Å². The molecule has 10 heteroatoms. The molecule has 0 saturated carbocycles. The smallest absolute Gasteiger partial charge is 0.244 e. The van der Waals surface area contributed by atoms with Gasteiger partial charge in [-0.05, 0) is 18.2 Å². The lowest BCUT2D eigenvalue weighted by atomic mass is 10.3. The second kappa shape index (κ2) is 6.72. The summed E-state index contributed by atoms with van der Waals surface area (Å²) in [6, 6.07) is 11.1. The minimum atomic E-state index is -3.54. The molecule has 0 radical (unpaired) electrons. The van der Waals surface area contributed by atoms with E-state index in [9.17, 15) is 8.42 Å². The number of aromatic nitrogens is 5. The van der Waals surface area contributed by atoms with Gasteiger partial charge in [-0.25, -0.2) is 27.4 Å². The van der Waals surface area contributed by atoms with E-state index in [4.69, 9.17) is 0 Å². The van der Waals surface area contributed by atoms with Crippen molar-refractivity contribution in [1.82, 2.24) is 29.0 Å². The Balaban J connectivity index is 1.86. The number of aromatic amines is 1. The number of hydrogen-bond donors (Lipinski definition) is 1. The molecule has 0 saturated heterocycles. The Morgan fingerprint density at radius 2 is 1.96 bits per heavy atom. The average Bonchev–Trinajstić information content (AvgIpc) is 3.40. The van der Waals surface area contributed by atoms with E-state index in [0.717, 1.165) is 5.69 Å². The van der Waals surface area contributed by atoms with Crippen molar-refractivity contribution in [3.05, 3.63) is 54.2 Å². The third-order valence-electron chi connectivity index (χ3n) is 3.91. The number of para-hydroxylation sites is 1. The largest absolute Gasteiger partial charge is 0.357 e. The number of nitrogens with one attached hydrogen (secondary N) is 1. The fourth-order valence-electron chi connectivity index (χ4n) is 2.52. The number of nitrogens with zero attached hydrogens (tertiary/aromatic N) is 5. The molecule has 1 N–H and O–H groups in total. The Labute approximate surface area is 160 Å². The maximum Gasteiger partial charge on any atom is 0.244 e. The number of thiazole rings is 1. The zero-order chi connectivity index (χ0) is 19.0. The fourth-order valence-corrected chi connectivity index (χ4v) is 3.98. The summed E-state index contributed by atoms with van der Waals surface area (Å²) in [4.78, 5) is 12.0. The molecule has 3 aromatic heterocycles. The summed E-state index contributed by atoms with van der Waals surface area (Å²) in [7, 11) is -0.553. The van der Waals surface area contributed by atoms with Crippen LogP contribution < -0.4 is 0 Å². The van der Waals surface area contributed by atoms with Crippen LogP contribution in [0.1, 0.15) is 0 Å². The van der Waals surface area contributed by atoms with Crippen molar-refractivity contribution in [2.75, 3.05) is 14.1 Å². The van der Waals surface area contributed by atoms with Crippen LogP contribution in [0.15, 0.2) is 59.1 Å². The van der Waals surface area contributed by atoms with Gasteiger partial charge in [-0.2, -0.15) is 0 Å². The predicted molar refractivity (Wildman–Crippen MR) is 103 cm³/mol. The van der Waals surface area contributed by atoms with E-state index in [1.54, 1.807) is 16.9 Å². The van der Waals surface area contributed by atoms with Crippen LogP contribution in [-0.4, -0.2) is 51.6 Å². The van der Waals surface area contributed by atoms with Gasteiger partial charge < -0.3 is 4.98 Å². The predicted octanol–water partition coefficient (Wildman–Crippen LogP) is 2.64. The number of sulfonamides is 1. The fraction of sp³-hybridized carbons (Fsp3) is 0.118. The van der Waals surface area contributed by atoms with E-state index in [0.29, 0.717) is 22.4 Å². The molecule has 27 heavy (non-hydrogen) atoms. The van der Waals surface area contributed by atoms with Crippen LogP contribution >= 0.6 is 11.3 Å². The van der Waals surface area contributed by atoms with Crippen molar-refractivity contribution in [1.29, 1.82) is 0 Å². The van der Waals surface area contributed by atoms with E-state index in [1.807, 2.05) is 35.7 Å². The molecule has 8 nitrogen and oxygen atoms in total. The Hall–Kier alpha value is -2.82. The number of hydrogen-bond acceptors (Lipinski definition) is 6. The third kappa shape index (κ3) is 3.18. The molecule has 0 atom stereocenters. The zero-order valence-electron chi connectivity index (χ0n) is 14.6. The van der Waals surface area contributed by atoms with E-state index < -0.39 is 10.0 Å². The average molecular weight is 400 g/mol. The summed E-state index contributed by atoms with van der Waals surface area (Å²) in [5, 5.41) is 7.13. The van der Waals surface area contributed by atoms with Gasteiger partial charge in [0.05, 0.1) is 11.4 Å². The van der Waals surface area contributed by atoms with Crippen LogP contribution in [0.5, 0.6) is 0 Å². The summed E-state index contributed by atoms with van der Waals surface area (Å²) < 4.78 is 27.6. The molecule has 3 heterocycles. The van der Waals surface area contributed by atoms with Crippen molar-refractivity contribution in [2.45, 2.75) is 4.90 Å². The second-order valence-corrected chi connectivity index (χ2v) is 8.93. The van der Waals surface area contributed by atoms with Crippen molar-refractivity contribution < 1.29 is 8.42 Å². The highest BCUT2D eigenvalue weighted by atomic mass is 32.2. The molecule has 1 aromatic carbocycles. The van der Waals surface area contributed by atoms with E-state index in [1.165, 1.54) is 35.9 Å². The van der Waals surface area contributed by atoms with Crippen molar-refractivity contribution >= 4 is 21.4 Å². The molecule has 0 unspecified atom stereocenters. The van der Waals surface area contributed by atoms with Crippen LogP contribution in [0.25, 0.3) is 28.0 Å². The molecule has 138 valence electrons. The summed E-state index contributed by atoms with van der Waals surface area (Å²) in [6.45, 7) is 0. The van der Waals surface area contributed by atoms with Gasteiger partial charge in [0.15, 0.2) is 10.8 Å². The normalized spacial score (nSPS) is 12.0. The maximum atomic E-state index is 12.4. The summed E-state index contributed by atoms with van der Waals surface area (Å²) in [5.74, 6) is 0.988. The standard InChI is InChI=1S/C17H16N6O2S2/c1-22(2)27(24,25)13-10-14(19-11-13)16-20-15(17-18-8-9-26-17)21-23(16)12-6-4-3-5-7-12/h3-11,19H,1-2H3. The maximum absolute atomic E-state index is 12.4. The monoisotopic (exact) mass is 400 g/mol. The molecule has 0 amide bonds. The molecule has 0 aliphatic rings. The first-order valence-electron chi connectivity index (χ1n) is 8.00. The number of benzene rings is 1. The highest BCUT2D eigenvalue weighted by molar-refractivity contribution is 7.89. The van der Waals surface area contributed by atoms with Crippen LogP contribution in [0.4, 0.5) is 0 Å². The quantitative estimate of drug-likeness (QED) is 0.555. The third-order valence-corrected chi connectivity index (χ3v) is 6.47. The Morgan fingerprint density at radius 1 is 1.19 bits per heavy atom. The molecule has 4 aromatic rings. The Kier molecular flexibility index (Phi) is 4.38. The highest BCUT2D eigenvalue weighted by Gasteiger charge is 2.22. The lowest BCUT2D eigenvalue weighted by Gasteiger charge is -2.08. The molecule has 0 spiro atoms. The highest BCUT2D eigenvalue weighted by Crippen LogP contribution is 2.27. The molecule has 4 rings (SSSR count). The molecule has 0 bridgehead atoms. The van der Waals surface area contributed by atoms with E-state index >= 15 is 0 Å². The van der Waals surface area contributed by atoms with Gasteiger partial charge >= 0.3 is 0 Å². The Morgan fingerprint density at radius 3 is 2.63 bits per heavy atom. The van der Waals surface area contributed by atoms with Crippen LogP contribution in [-0.2, 0) is 10.0 Å². The molecule has 0 aliphatic heterocycles. The summed E-state index contributed by atoms with van der Waals surface area (Å²) >= 11 is 1.44. The number of rotatable bonds is 5. The molecule has 0 fully saturated rings.